The van der Waals surface area contributed by atoms with Crippen LogP contribution in [0.4, 0.5) is 5.95 Å². The van der Waals surface area contributed by atoms with Crippen molar-refractivity contribution in [2.24, 2.45) is 0 Å². The van der Waals surface area contributed by atoms with E-state index in [1.165, 1.54) is 6.07 Å². The van der Waals surface area contributed by atoms with Gasteiger partial charge in [-0.15, -0.1) is 0 Å². The van der Waals surface area contributed by atoms with Crippen molar-refractivity contribution in [3.8, 4) is 11.5 Å². The maximum Gasteiger partial charge on any atom is 0.254 e. The van der Waals surface area contributed by atoms with Crippen LogP contribution >= 0.6 is 11.6 Å². The van der Waals surface area contributed by atoms with E-state index in [0.717, 1.165) is 55.2 Å². The topological polar surface area (TPSA) is 69.5 Å². The molecule has 0 unspecified atom stereocenters. The van der Waals surface area contributed by atoms with Crippen LogP contribution in [0.25, 0.3) is 0 Å². The molecule has 1 saturated heterocycles. The third-order valence-corrected chi connectivity index (χ3v) is 5.96. The summed E-state index contributed by atoms with van der Waals surface area (Å²) in [4.78, 5) is 23.7. The largest absolute Gasteiger partial charge is 0.497 e. The van der Waals surface area contributed by atoms with Gasteiger partial charge in [0.15, 0.2) is 0 Å². The van der Waals surface area contributed by atoms with Crippen molar-refractivity contribution in [3.05, 3.63) is 75.4 Å². The van der Waals surface area contributed by atoms with Gasteiger partial charge in [-0.05, 0) is 29.7 Å². The lowest BCUT2D eigenvalue weighted by atomic mass is 10.1. The van der Waals surface area contributed by atoms with E-state index in [4.69, 9.17) is 21.1 Å². The molecule has 3 heterocycles. The molecule has 2 aromatic heterocycles. The fourth-order valence-corrected chi connectivity index (χ4v) is 3.93. The van der Waals surface area contributed by atoms with Crippen LogP contribution in [0.5, 0.6) is 11.5 Å². The normalized spacial score (nSPS) is 14.4. The van der Waals surface area contributed by atoms with Crippen LogP contribution in [0.1, 0.15) is 30.9 Å². The summed E-state index contributed by atoms with van der Waals surface area (Å²) in [7, 11) is 1.62. The summed E-state index contributed by atoms with van der Waals surface area (Å²) in [5.41, 5.74) is 1.96. The summed E-state index contributed by atoms with van der Waals surface area (Å²) in [6, 6.07) is 9.07. The number of nitrogens with zero attached hydrogens (tertiary/aromatic N) is 4. The first-order valence-electron chi connectivity index (χ1n) is 10.8. The van der Waals surface area contributed by atoms with Gasteiger partial charge >= 0.3 is 0 Å². The predicted octanol–water partition coefficient (Wildman–Crippen LogP) is 3.96. The Kier molecular flexibility index (Phi) is 6.95. The second kappa shape index (κ2) is 10.0. The number of ether oxygens (including phenoxy) is 2. The molecule has 1 fully saturated rings. The summed E-state index contributed by atoms with van der Waals surface area (Å²) in [6.45, 7) is 4.10. The molecule has 0 amide bonds. The lowest BCUT2D eigenvalue weighted by Gasteiger charge is -2.32. The Labute approximate surface area is 192 Å². The van der Waals surface area contributed by atoms with Crippen LogP contribution in [0.2, 0.25) is 5.02 Å². The Bertz CT molecular complexity index is 1090. The van der Waals surface area contributed by atoms with Crippen molar-refractivity contribution in [1.82, 2.24) is 14.5 Å². The molecule has 4 rings (SSSR count). The van der Waals surface area contributed by atoms with Gasteiger partial charge in [-0.2, -0.15) is 0 Å². The molecule has 0 spiro atoms. The number of anilines is 1. The molecule has 0 bridgehead atoms. The zero-order valence-electron chi connectivity index (χ0n) is 18.3. The predicted molar refractivity (Wildman–Crippen MR) is 125 cm³/mol. The van der Waals surface area contributed by atoms with Gasteiger partial charge < -0.3 is 18.9 Å². The van der Waals surface area contributed by atoms with Crippen LogP contribution in [0, 0.1) is 0 Å². The van der Waals surface area contributed by atoms with Gasteiger partial charge in [0, 0.05) is 50.6 Å². The second-order valence-electron chi connectivity index (χ2n) is 7.85. The van der Waals surface area contributed by atoms with Gasteiger partial charge in [0.2, 0.25) is 5.95 Å². The smallest absolute Gasteiger partial charge is 0.254 e. The van der Waals surface area contributed by atoms with E-state index in [0.29, 0.717) is 17.3 Å². The number of aromatic nitrogens is 3. The number of hydrogen-bond acceptors (Lipinski definition) is 6. The molecule has 3 aromatic rings. The highest BCUT2D eigenvalue weighted by Crippen LogP contribution is 2.26. The first kappa shape index (κ1) is 22.1. The Balaban J connectivity index is 1.37. The molecule has 1 aromatic carbocycles. The highest BCUT2D eigenvalue weighted by atomic mass is 35.5. The molecule has 1 aliphatic heterocycles. The number of piperidine rings is 1. The number of pyridine rings is 1. The molecule has 168 valence electrons. The molecule has 32 heavy (non-hydrogen) atoms. The van der Waals surface area contributed by atoms with Crippen LogP contribution < -0.4 is 19.9 Å². The summed E-state index contributed by atoms with van der Waals surface area (Å²) in [5, 5.41) is 0.430. The Hall–Kier alpha value is -3.06. The van der Waals surface area contributed by atoms with E-state index in [1.807, 2.05) is 36.7 Å². The van der Waals surface area contributed by atoms with Crippen molar-refractivity contribution in [3.63, 3.8) is 0 Å². The molecule has 0 aliphatic carbocycles. The maximum absolute atomic E-state index is 12.6. The first-order chi connectivity index (χ1) is 15.6. The van der Waals surface area contributed by atoms with Crippen molar-refractivity contribution >= 4 is 17.5 Å². The van der Waals surface area contributed by atoms with Gasteiger partial charge in [-0.25, -0.2) is 9.97 Å². The molecule has 0 radical (unpaired) electrons. The monoisotopic (exact) mass is 454 g/mol. The average molecular weight is 455 g/mol. The standard InChI is InChI=1S/C24H27ClN4O3/c1-3-17-13-26-24(27-14-17)28-10-8-20(9-11-28)32-22-12-23(30)29(16-21(22)25)15-18-4-6-19(31-2)7-5-18/h4-7,12-14,16,20H,3,8-11,15H2,1-2H3. The minimum absolute atomic E-state index is 0.00416. The van der Waals surface area contributed by atoms with Gasteiger partial charge in [-0.1, -0.05) is 30.7 Å². The van der Waals surface area contributed by atoms with Gasteiger partial charge in [0.25, 0.3) is 5.56 Å². The molecular formula is C24H27ClN4O3. The minimum Gasteiger partial charge on any atom is -0.497 e. The van der Waals surface area contributed by atoms with Gasteiger partial charge in [0.1, 0.15) is 17.6 Å². The quantitative estimate of drug-likeness (QED) is 0.538. The van der Waals surface area contributed by atoms with E-state index in [2.05, 4.69) is 21.8 Å². The lowest BCUT2D eigenvalue weighted by Crippen LogP contribution is -2.39. The first-order valence-corrected chi connectivity index (χ1v) is 11.2. The number of rotatable bonds is 7. The van der Waals surface area contributed by atoms with Crippen molar-refractivity contribution in [2.75, 3.05) is 25.1 Å². The van der Waals surface area contributed by atoms with E-state index in [-0.39, 0.29) is 11.7 Å². The number of benzene rings is 1. The van der Waals surface area contributed by atoms with Crippen molar-refractivity contribution < 1.29 is 9.47 Å². The van der Waals surface area contributed by atoms with Crippen LogP contribution in [-0.2, 0) is 13.0 Å². The second-order valence-corrected chi connectivity index (χ2v) is 8.26. The Morgan fingerprint density at radius 2 is 1.78 bits per heavy atom. The van der Waals surface area contributed by atoms with Crippen LogP contribution in [0.3, 0.4) is 0 Å². The van der Waals surface area contributed by atoms with E-state index >= 15 is 0 Å². The molecular weight excluding hydrogens is 428 g/mol. The molecule has 7 nitrogen and oxygen atoms in total. The fourth-order valence-electron chi connectivity index (χ4n) is 3.72. The maximum atomic E-state index is 12.6. The third kappa shape index (κ3) is 5.22. The molecule has 0 saturated carbocycles. The number of halogens is 1. The van der Waals surface area contributed by atoms with E-state index in [9.17, 15) is 4.79 Å². The lowest BCUT2D eigenvalue weighted by molar-refractivity contribution is 0.170. The van der Waals surface area contributed by atoms with Crippen molar-refractivity contribution in [1.29, 1.82) is 0 Å². The Morgan fingerprint density at radius 3 is 2.41 bits per heavy atom. The molecule has 1 aliphatic rings. The van der Waals surface area contributed by atoms with Crippen LogP contribution in [0.15, 0.2) is 53.7 Å². The number of methoxy groups -OCH3 is 1. The SMILES string of the molecule is CCc1cnc(N2CCC(Oc3cc(=O)n(Cc4ccc(OC)cc4)cc3Cl)CC2)nc1. The summed E-state index contributed by atoms with van der Waals surface area (Å²) >= 11 is 6.45. The Morgan fingerprint density at radius 1 is 1.09 bits per heavy atom. The van der Waals surface area contributed by atoms with E-state index < -0.39 is 0 Å². The van der Waals surface area contributed by atoms with Gasteiger partial charge in [0.05, 0.1) is 18.7 Å². The highest BCUT2D eigenvalue weighted by Gasteiger charge is 2.23. The zero-order valence-corrected chi connectivity index (χ0v) is 19.1. The van der Waals surface area contributed by atoms with Gasteiger partial charge in [-0.3, -0.25) is 4.79 Å². The van der Waals surface area contributed by atoms with Crippen LogP contribution in [-0.4, -0.2) is 40.8 Å². The zero-order chi connectivity index (χ0) is 22.5. The molecule has 8 heteroatoms. The average Bonchev–Trinajstić information content (AvgIpc) is 2.83. The number of hydrogen-bond donors (Lipinski definition) is 0. The molecule has 0 N–H and O–H groups in total. The summed E-state index contributed by atoms with van der Waals surface area (Å²) < 4.78 is 12.8. The highest BCUT2D eigenvalue weighted by molar-refractivity contribution is 6.31. The summed E-state index contributed by atoms with van der Waals surface area (Å²) in [6.07, 6.45) is 7.94. The van der Waals surface area contributed by atoms with Crippen molar-refractivity contribution in [2.45, 2.75) is 38.8 Å². The number of aryl methyl sites for hydroxylation is 1. The van der Waals surface area contributed by atoms with E-state index in [1.54, 1.807) is 17.9 Å². The summed E-state index contributed by atoms with van der Waals surface area (Å²) in [5.74, 6) is 1.96. The molecule has 0 atom stereocenters. The minimum atomic E-state index is -0.151. The third-order valence-electron chi connectivity index (χ3n) is 5.67. The fraction of sp³-hybridized carbons (Fsp3) is 0.375.